The topological polar surface area (TPSA) is 28.7 Å². The molecule has 0 radical (unpaired) electrons. The van der Waals surface area contributed by atoms with E-state index in [-0.39, 0.29) is 5.82 Å². The van der Waals surface area contributed by atoms with Crippen molar-refractivity contribution in [2.75, 3.05) is 0 Å². The lowest BCUT2D eigenvalue weighted by atomic mass is 10.1. The van der Waals surface area contributed by atoms with Crippen LogP contribution in [0.25, 0.3) is 10.9 Å². The molecule has 2 aromatic heterocycles. The van der Waals surface area contributed by atoms with Crippen LogP contribution < -0.4 is 0 Å². The summed E-state index contributed by atoms with van der Waals surface area (Å²) in [4.78, 5) is 7.23. The number of H-pyrrole nitrogens is 1. The lowest BCUT2D eigenvalue weighted by Gasteiger charge is -1.99. The highest BCUT2D eigenvalue weighted by Gasteiger charge is 2.05. The van der Waals surface area contributed by atoms with Crippen molar-refractivity contribution in [3.05, 3.63) is 65.9 Å². The van der Waals surface area contributed by atoms with Gasteiger partial charge in [0.1, 0.15) is 5.82 Å². The van der Waals surface area contributed by atoms with Gasteiger partial charge in [-0.25, -0.2) is 4.39 Å². The van der Waals surface area contributed by atoms with Crippen LogP contribution in [0.5, 0.6) is 0 Å². The Bertz CT molecular complexity index is 644. The fraction of sp³-hybridized carbons (Fsp3) is 0.0714. The SMILES string of the molecule is Fc1ccc2[nH]cc(Cc3cccnc3)c2c1. The molecule has 0 spiro atoms. The number of aromatic nitrogens is 2. The molecule has 0 aliphatic carbocycles. The molecule has 0 aliphatic heterocycles. The second kappa shape index (κ2) is 4.01. The summed E-state index contributed by atoms with van der Waals surface area (Å²) >= 11 is 0. The maximum Gasteiger partial charge on any atom is 0.123 e. The Hall–Kier alpha value is -2.16. The zero-order chi connectivity index (χ0) is 11.7. The van der Waals surface area contributed by atoms with E-state index < -0.39 is 0 Å². The number of rotatable bonds is 2. The van der Waals surface area contributed by atoms with E-state index in [1.54, 1.807) is 18.3 Å². The molecule has 3 heteroatoms. The molecule has 0 saturated carbocycles. The number of fused-ring (bicyclic) bond motifs is 1. The van der Waals surface area contributed by atoms with Gasteiger partial charge in [-0.3, -0.25) is 4.98 Å². The van der Waals surface area contributed by atoms with Crippen molar-refractivity contribution in [1.29, 1.82) is 0 Å². The number of nitrogens with zero attached hydrogens (tertiary/aromatic N) is 1. The van der Waals surface area contributed by atoms with E-state index in [2.05, 4.69) is 9.97 Å². The van der Waals surface area contributed by atoms with Gasteiger partial charge in [0.15, 0.2) is 0 Å². The Morgan fingerprint density at radius 3 is 3.00 bits per heavy atom. The van der Waals surface area contributed by atoms with Crippen molar-refractivity contribution in [2.45, 2.75) is 6.42 Å². The Labute approximate surface area is 98.1 Å². The maximum atomic E-state index is 13.2. The van der Waals surface area contributed by atoms with E-state index in [9.17, 15) is 4.39 Å². The quantitative estimate of drug-likeness (QED) is 0.713. The van der Waals surface area contributed by atoms with Crippen molar-refractivity contribution in [1.82, 2.24) is 9.97 Å². The molecule has 1 N–H and O–H groups in total. The largest absolute Gasteiger partial charge is 0.361 e. The summed E-state index contributed by atoms with van der Waals surface area (Å²) in [6.07, 6.45) is 6.27. The summed E-state index contributed by atoms with van der Waals surface area (Å²) in [6.45, 7) is 0. The average Bonchev–Trinajstić information content (AvgIpc) is 2.73. The summed E-state index contributed by atoms with van der Waals surface area (Å²) in [5, 5.41) is 0.939. The van der Waals surface area contributed by atoms with Gasteiger partial charge in [0.05, 0.1) is 0 Å². The standard InChI is InChI=1S/C14H11FN2/c15-12-3-4-14-13(7-12)11(9-17-14)6-10-2-1-5-16-8-10/h1-5,7-9,17H,6H2. The smallest absolute Gasteiger partial charge is 0.123 e. The molecule has 0 fully saturated rings. The van der Waals surface area contributed by atoms with Crippen molar-refractivity contribution in [3.8, 4) is 0 Å². The molecule has 84 valence electrons. The van der Waals surface area contributed by atoms with Crippen molar-refractivity contribution >= 4 is 10.9 Å². The molecule has 0 saturated heterocycles. The lowest BCUT2D eigenvalue weighted by molar-refractivity contribution is 0.629. The lowest BCUT2D eigenvalue weighted by Crippen LogP contribution is -1.87. The molecule has 0 bridgehead atoms. The fourth-order valence-electron chi connectivity index (χ4n) is 2.02. The van der Waals surface area contributed by atoms with Gasteiger partial charge in [0, 0.05) is 35.9 Å². The predicted octanol–water partition coefficient (Wildman–Crippen LogP) is 3.29. The normalized spacial score (nSPS) is 10.9. The average molecular weight is 226 g/mol. The number of benzene rings is 1. The minimum Gasteiger partial charge on any atom is -0.361 e. The van der Waals surface area contributed by atoms with E-state index in [0.717, 1.165) is 28.5 Å². The fourth-order valence-corrected chi connectivity index (χ4v) is 2.02. The third-order valence-electron chi connectivity index (χ3n) is 2.85. The van der Waals surface area contributed by atoms with Gasteiger partial charge in [-0.05, 0) is 35.4 Å². The molecule has 3 rings (SSSR count). The highest BCUT2D eigenvalue weighted by molar-refractivity contribution is 5.83. The van der Waals surface area contributed by atoms with E-state index in [1.165, 1.54) is 6.07 Å². The maximum absolute atomic E-state index is 13.2. The van der Waals surface area contributed by atoms with Crippen LogP contribution in [0.15, 0.2) is 48.9 Å². The second-order valence-electron chi connectivity index (χ2n) is 4.04. The van der Waals surface area contributed by atoms with Gasteiger partial charge < -0.3 is 4.98 Å². The number of hydrogen-bond donors (Lipinski definition) is 1. The predicted molar refractivity (Wildman–Crippen MR) is 65.3 cm³/mol. The first-order valence-corrected chi connectivity index (χ1v) is 5.47. The Morgan fingerprint density at radius 1 is 1.24 bits per heavy atom. The van der Waals surface area contributed by atoms with E-state index in [0.29, 0.717) is 0 Å². The molecule has 2 nitrogen and oxygen atoms in total. The minimum absolute atomic E-state index is 0.204. The second-order valence-corrected chi connectivity index (χ2v) is 4.04. The number of hydrogen-bond acceptors (Lipinski definition) is 1. The van der Waals surface area contributed by atoms with E-state index >= 15 is 0 Å². The van der Waals surface area contributed by atoms with Crippen LogP contribution in [0, 0.1) is 5.82 Å². The molecule has 3 aromatic rings. The molecule has 0 unspecified atom stereocenters. The first kappa shape index (κ1) is 10.0. The Kier molecular flexibility index (Phi) is 2.37. The van der Waals surface area contributed by atoms with Gasteiger partial charge in [0.2, 0.25) is 0 Å². The van der Waals surface area contributed by atoms with Gasteiger partial charge in [-0.15, -0.1) is 0 Å². The number of pyridine rings is 1. The third kappa shape index (κ3) is 1.91. The van der Waals surface area contributed by atoms with Crippen LogP contribution in [0.2, 0.25) is 0 Å². The first-order valence-electron chi connectivity index (χ1n) is 5.47. The highest BCUT2D eigenvalue weighted by atomic mass is 19.1. The highest BCUT2D eigenvalue weighted by Crippen LogP contribution is 2.21. The summed E-state index contributed by atoms with van der Waals surface area (Å²) in [7, 11) is 0. The Balaban J connectivity index is 2.03. The van der Waals surface area contributed by atoms with Crippen LogP contribution in [0.4, 0.5) is 4.39 Å². The molecule has 2 heterocycles. The monoisotopic (exact) mass is 226 g/mol. The van der Waals surface area contributed by atoms with Crippen molar-refractivity contribution in [3.63, 3.8) is 0 Å². The van der Waals surface area contributed by atoms with Crippen molar-refractivity contribution < 1.29 is 4.39 Å². The summed E-state index contributed by atoms with van der Waals surface area (Å²) in [5.74, 6) is -0.204. The molecule has 17 heavy (non-hydrogen) atoms. The zero-order valence-electron chi connectivity index (χ0n) is 9.15. The third-order valence-corrected chi connectivity index (χ3v) is 2.85. The van der Waals surface area contributed by atoms with Gasteiger partial charge in [0.25, 0.3) is 0 Å². The van der Waals surface area contributed by atoms with E-state index in [4.69, 9.17) is 0 Å². The van der Waals surface area contributed by atoms with Crippen molar-refractivity contribution in [2.24, 2.45) is 0 Å². The van der Waals surface area contributed by atoms with E-state index in [1.807, 2.05) is 24.5 Å². The summed E-state index contributed by atoms with van der Waals surface area (Å²) in [6, 6.07) is 8.72. The molecule has 1 aromatic carbocycles. The molecular weight excluding hydrogens is 215 g/mol. The number of halogens is 1. The van der Waals surface area contributed by atoms with Gasteiger partial charge in [-0.1, -0.05) is 6.07 Å². The van der Waals surface area contributed by atoms with Gasteiger partial charge >= 0.3 is 0 Å². The molecule has 0 amide bonds. The van der Waals surface area contributed by atoms with Gasteiger partial charge in [-0.2, -0.15) is 0 Å². The van der Waals surface area contributed by atoms with Crippen LogP contribution >= 0.6 is 0 Å². The molecule has 0 atom stereocenters. The van der Waals surface area contributed by atoms with Crippen LogP contribution in [-0.2, 0) is 6.42 Å². The number of nitrogens with one attached hydrogen (secondary N) is 1. The Morgan fingerprint density at radius 2 is 2.18 bits per heavy atom. The molecular formula is C14H11FN2. The minimum atomic E-state index is -0.204. The van der Waals surface area contributed by atoms with Crippen LogP contribution in [-0.4, -0.2) is 9.97 Å². The van der Waals surface area contributed by atoms with Crippen LogP contribution in [0.3, 0.4) is 0 Å². The zero-order valence-corrected chi connectivity index (χ0v) is 9.15. The van der Waals surface area contributed by atoms with Crippen LogP contribution in [0.1, 0.15) is 11.1 Å². The first-order chi connectivity index (χ1) is 8.33. The summed E-state index contributed by atoms with van der Waals surface area (Å²) < 4.78 is 13.2. The molecule has 0 aliphatic rings. The summed E-state index contributed by atoms with van der Waals surface area (Å²) in [5.41, 5.74) is 3.18. The number of aromatic amines is 1.